The molecule has 0 aliphatic heterocycles. The Morgan fingerprint density at radius 1 is 1.14 bits per heavy atom. The van der Waals surface area contributed by atoms with Crippen LogP contribution in [0.1, 0.15) is 16.1 Å². The van der Waals surface area contributed by atoms with Crippen LogP contribution >= 0.6 is 27.3 Å². The summed E-state index contributed by atoms with van der Waals surface area (Å²) in [6, 6.07) is 12.9. The van der Waals surface area contributed by atoms with Crippen LogP contribution in [0.4, 0.5) is 9.52 Å². The standard InChI is InChI=1S/C19H12BrFN4O2S/c1-10-15(18-23-16(25-27-18)11-6-8-12(21)9-7-11)28-19(22-10)24-17(26)13-4-2-3-5-14(13)20/h2-9H,1H3,(H,22,24,26). The Morgan fingerprint density at radius 3 is 2.64 bits per heavy atom. The van der Waals surface area contributed by atoms with Gasteiger partial charge >= 0.3 is 0 Å². The lowest BCUT2D eigenvalue weighted by Gasteiger charge is -2.03. The predicted molar refractivity (Wildman–Crippen MR) is 108 cm³/mol. The van der Waals surface area contributed by atoms with Gasteiger partial charge in [0.05, 0.1) is 11.3 Å². The highest BCUT2D eigenvalue weighted by Gasteiger charge is 2.19. The number of thiazole rings is 1. The predicted octanol–water partition coefficient (Wildman–Crippen LogP) is 5.32. The van der Waals surface area contributed by atoms with Gasteiger partial charge in [0.25, 0.3) is 11.8 Å². The van der Waals surface area contributed by atoms with Crippen LogP contribution in [0.3, 0.4) is 0 Å². The molecule has 1 amide bonds. The lowest BCUT2D eigenvalue weighted by atomic mass is 10.2. The van der Waals surface area contributed by atoms with E-state index in [9.17, 15) is 9.18 Å². The SMILES string of the molecule is Cc1nc(NC(=O)c2ccccc2Br)sc1-c1nc(-c2ccc(F)cc2)no1. The van der Waals surface area contributed by atoms with Crippen molar-refractivity contribution in [1.82, 2.24) is 15.1 Å². The minimum absolute atomic E-state index is 0.273. The smallest absolute Gasteiger partial charge is 0.270 e. The van der Waals surface area contributed by atoms with Crippen molar-refractivity contribution >= 4 is 38.3 Å². The van der Waals surface area contributed by atoms with Crippen molar-refractivity contribution in [3.8, 4) is 22.2 Å². The zero-order valence-electron chi connectivity index (χ0n) is 14.4. The molecule has 0 unspecified atom stereocenters. The summed E-state index contributed by atoms with van der Waals surface area (Å²) < 4.78 is 19.1. The molecule has 0 aliphatic carbocycles. The highest BCUT2D eigenvalue weighted by Crippen LogP contribution is 2.33. The average molecular weight is 459 g/mol. The van der Waals surface area contributed by atoms with Crippen molar-refractivity contribution < 1.29 is 13.7 Å². The Balaban J connectivity index is 1.57. The number of halogens is 2. The van der Waals surface area contributed by atoms with Gasteiger partial charge in [0, 0.05) is 10.0 Å². The molecule has 28 heavy (non-hydrogen) atoms. The largest absolute Gasteiger partial charge is 0.333 e. The Hall–Kier alpha value is -2.91. The summed E-state index contributed by atoms with van der Waals surface area (Å²) in [5.74, 6) is 0.0267. The number of hydrogen-bond acceptors (Lipinski definition) is 6. The van der Waals surface area contributed by atoms with Gasteiger partial charge in [-0.2, -0.15) is 4.98 Å². The van der Waals surface area contributed by atoms with Gasteiger partial charge in [0.1, 0.15) is 10.7 Å². The van der Waals surface area contributed by atoms with Crippen molar-refractivity contribution in [3.05, 3.63) is 70.1 Å². The fraction of sp³-hybridized carbons (Fsp3) is 0.0526. The second-order valence-electron chi connectivity index (χ2n) is 5.80. The summed E-state index contributed by atoms with van der Waals surface area (Å²) in [5, 5.41) is 7.15. The van der Waals surface area contributed by atoms with E-state index in [2.05, 4.69) is 36.4 Å². The van der Waals surface area contributed by atoms with E-state index in [0.717, 1.165) is 0 Å². The second kappa shape index (κ2) is 7.61. The zero-order chi connectivity index (χ0) is 19.7. The molecule has 140 valence electrons. The van der Waals surface area contributed by atoms with Gasteiger partial charge in [-0.3, -0.25) is 10.1 Å². The van der Waals surface area contributed by atoms with Gasteiger partial charge < -0.3 is 4.52 Å². The summed E-state index contributed by atoms with van der Waals surface area (Å²) in [6.07, 6.45) is 0. The summed E-state index contributed by atoms with van der Waals surface area (Å²) in [7, 11) is 0. The molecule has 0 radical (unpaired) electrons. The number of nitrogens with one attached hydrogen (secondary N) is 1. The van der Waals surface area contributed by atoms with Crippen LogP contribution in [0.5, 0.6) is 0 Å². The number of nitrogens with zero attached hydrogens (tertiary/aromatic N) is 3. The van der Waals surface area contributed by atoms with Crippen molar-refractivity contribution in [2.75, 3.05) is 5.32 Å². The van der Waals surface area contributed by atoms with Crippen molar-refractivity contribution in [1.29, 1.82) is 0 Å². The molecular formula is C19H12BrFN4O2S. The first-order valence-corrected chi connectivity index (χ1v) is 9.75. The number of rotatable bonds is 4. The van der Waals surface area contributed by atoms with E-state index in [-0.39, 0.29) is 17.6 Å². The lowest BCUT2D eigenvalue weighted by molar-refractivity contribution is 0.102. The van der Waals surface area contributed by atoms with Crippen LogP contribution in [-0.2, 0) is 0 Å². The maximum Gasteiger partial charge on any atom is 0.270 e. The molecule has 0 saturated carbocycles. The molecule has 9 heteroatoms. The molecule has 1 N–H and O–H groups in total. The van der Waals surface area contributed by atoms with Crippen LogP contribution in [0.2, 0.25) is 0 Å². The van der Waals surface area contributed by atoms with Crippen molar-refractivity contribution in [2.24, 2.45) is 0 Å². The number of aryl methyl sites for hydroxylation is 1. The van der Waals surface area contributed by atoms with Crippen LogP contribution < -0.4 is 5.32 Å². The summed E-state index contributed by atoms with van der Waals surface area (Å²) >= 11 is 4.60. The molecule has 4 rings (SSSR count). The normalized spacial score (nSPS) is 10.8. The third kappa shape index (κ3) is 3.71. The Labute approximate surface area is 171 Å². The molecule has 0 aliphatic rings. The van der Waals surface area contributed by atoms with Crippen LogP contribution in [0.15, 0.2) is 57.5 Å². The molecule has 0 spiro atoms. The van der Waals surface area contributed by atoms with Crippen molar-refractivity contribution in [3.63, 3.8) is 0 Å². The maximum absolute atomic E-state index is 13.1. The number of aromatic nitrogens is 3. The number of carbonyl (C=O) groups is 1. The monoisotopic (exact) mass is 458 g/mol. The van der Waals surface area contributed by atoms with Crippen LogP contribution in [0.25, 0.3) is 22.2 Å². The number of amides is 1. The zero-order valence-corrected chi connectivity index (χ0v) is 16.8. The fourth-order valence-electron chi connectivity index (χ4n) is 2.49. The quantitative estimate of drug-likeness (QED) is 0.447. The van der Waals surface area contributed by atoms with E-state index in [1.165, 1.54) is 23.5 Å². The first kappa shape index (κ1) is 18.5. The minimum Gasteiger partial charge on any atom is -0.333 e. The number of carbonyl (C=O) groups excluding carboxylic acids is 1. The Kier molecular flexibility index (Phi) is 5.01. The summed E-state index contributed by atoms with van der Waals surface area (Å²) in [6.45, 7) is 1.79. The fourth-order valence-corrected chi connectivity index (χ4v) is 3.84. The molecule has 0 atom stereocenters. The van der Waals surface area contributed by atoms with Gasteiger partial charge in [-0.25, -0.2) is 9.37 Å². The number of hydrogen-bond donors (Lipinski definition) is 1. The number of benzene rings is 2. The van der Waals surface area contributed by atoms with Gasteiger partial charge in [-0.15, -0.1) is 0 Å². The molecule has 4 aromatic rings. The Morgan fingerprint density at radius 2 is 1.89 bits per heavy atom. The first-order valence-electron chi connectivity index (χ1n) is 8.14. The van der Waals surface area contributed by atoms with Gasteiger partial charge in [0.15, 0.2) is 5.13 Å². The molecule has 2 aromatic heterocycles. The third-order valence-electron chi connectivity index (χ3n) is 3.86. The highest BCUT2D eigenvalue weighted by molar-refractivity contribution is 9.10. The van der Waals surface area contributed by atoms with Gasteiger partial charge in [0.2, 0.25) is 5.82 Å². The molecular weight excluding hydrogens is 447 g/mol. The van der Waals surface area contributed by atoms with Crippen LogP contribution in [0, 0.1) is 12.7 Å². The molecule has 0 saturated heterocycles. The van der Waals surface area contributed by atoms with Gasteiger partial charge in [-0.1, -0.05) is 28.6 Å². The Bertz CT molecular complexity index is 1160. The van der Waals surface area contributed by atoms with Crippen LogP contribution in [-0.4, -0.2) is 21.0 Å². The van der Waals surface area contributed by atoms with Crippen molar-refractivity contribution in [2.45, 2.75) is 6.92 Å². The third-order valence-corrected chi connectivity index (χ3v) is 5.61. The molecule has 6 nitrogen and oxygen atoms in total. The number of anilines is 1. The molecule has 0 fully saturated rings. The van der Waals surface area contributed by atoms with E-state index >= 15 is 0 Å². The summed E-state index contributed by atoms with van der Waals surface area (Å²) in [5.41, 5.74) is 1.80. The second-order valence-corrected chi connectivity index (χ2v) is 7.65. The average Bonchev–Trinajstić information content (AvgIpc) is 3.29. The summed E-state index contributed by atoms with van der Waals surface area (Å²) in [4.78, 5) is 21.8. The van der Waals surface area contributed by atoms with Gasteiger partial charge in [-0.05, 0) is 59.3 Å². The molecule has 2 aromatic carbocycles. The molecule has 2 heterocycles. The maximum atomic E-state index is 13.1. The molecule has 0 bridgehead atoms. The first-order chi connectivity index (χ1) is 13.5. The van der Waals surface area contributed by atoms with E-state index in [1.807, 2.05) is 6.07 Å². The highest BCUT2D eigenvalue weighted by atomic mass is 79.9. The van der Waals surface area contributed by atoms with E-state index in [1.54, 1.807) is 37.3 Å². The van der Waals surface area contributed by atoms with E-state index < -0.39 is 0 Å². The lowest BCUT2D eigenvalue weighted by Crippen LogP contribution is -2.12. The van der Waals surface area contributed by atoms with E-state index in [0.29, 0.717) is 37.1 Å². The topological polar surface area (TPSA) is 80.9 Å². The minimum atomic E-state index is -0.337. The van der Waals surface area contributed by atoms with E-state index in [4.69, 9.17) is 4.52 Å².